The lowest BCUT2D eigenvalue weighted by atomic mass is 10.1. The maximum absolute atomic E-state index is 13.1. The van der Waals surface area contributed by atoms with Crippen molar-refractivity contribution in [2.24, 2.45) is 0 Å². The number of nitriles is 1. The zero-order chi connectivity index (χ0) is 21.7. The molecule has 7 nitrogen and oxygen atoms in total. The number of carbonyl (C=O) groups excluding carboxylic acids is 1. The Labute approximate surface area is 178 Å². The van der Waals surface area contributed by atoms with Crippen LogP contribution in [0.3, 0.4) is 0 Å². The Morgan fingerprint density at radius 1 is 1.27 bits per heavy atom. The second-order valence-corrected chi connectivity index (χ2v) is 7.05. The lowest BCUT2D eigenvalue weighted by Gasteiger charge is -2.16. The maximum atomic E-state index is 13.1. The van der Waals surface area contributed by atoms with Crippen molar-refractivity contribution in [1.29, 1.82) is 5.26 Å². The third kappa shape index (κ3) is 4.74. The number of aromatic nitrogens is 2. The summed E-state index contributed by atoms with van der Waals surface area (Å²) in [6.45, 7) is 1.22. The van der Waals surface area contributed by atoms with Crippen molar-refractivity contribution < 1.29 is 9.90 Å². The molecule has 0 radical (unpaired) electrons. The first-order valence-corrected chi connectivity index (χ1v) is 9.58. The van der Waals surface area contributed by atoms with Crippen LogP contribution in [0.25, 0.3) is 11.4 Å². The quantitative estimate of drug-likeness (QED) is 0.635. The summed E-state index contributed by atoms with van der Waals surface area (Å²) in [7, 11) is 0. The van der Waals surface area contributed by atoms with Crippen molar-refractivity contribution in [2.75, 3.05) is 11.9 Å². The standard InChI is InChI=1S/C22H19ClN4O3/c1-14-19(9-10-28)22(30)27(21(25-14)16-5-7-17(23)8-6-16)13-20(29)26-18-4-2-3-15(11-18)12-24/h2-8,11,28H,9-10,13H2,1H3,(H,26,29). The normalized spacial score (nSPS) is 10.5. The van der Waals surface area contributed by atoms with Crippen LogP contribution in [-0.2, 0) is 17.8 Å². The minimum absolute atomic E-state index is 0.143. The molecule has 0 spiro atoms. The molecule has 1 amide bonds. The van der Waals surface area contributed by atoms with Crippen LogP contribution < -0.4 is 10.9 Å². The minimum Gasteiger partial charge on any atom is -0.396 e. The number of nitrogens with zero attached hydrogens (tertiary/aromatic N) is 3. The van der Waals surface area contributed by atoms with Gasteiger partial charge in [0.1, 0.15) is 12.4 Å². The van der Waals surface area contributed by atoms with E-state index in [1.54, 1.807) is 55.5 Å². The monoisotopic (exact) mass is 422 g/mol. The summed E-state index contributed by atoms with van der Waals surface area (Å²) in [6, 6.07) is 15.3. The van der Waals surface area contributed by atoms with Crippen LogP contribution in [0.5, 0.6) is 0 Å². The third-order valence-electron chi connectivity index (χ3n) is 4.51. The summed E-state index contributed by atoms with van der Waals surface area (Å²) in [5.41, 5.74) is 1.97. The first kappa shape index (κ1) is 21.2. The zero-order valence-electron chi connectivity index (χ0n) is 16.2. The molecular weight excluding hydrogens is 404 g/mol. The molecule has 1 aromatic heterocycles. The SMILES string of the molecule is Cc1nc(-c2ccc(Cl)cc2)n(CC(=O)Nc2cccc(C#N)c2)c(=O)c1CCO. The number of nitrogens with one attached hydrogen (secondary N) is 1. The van der Waals surface area contributed by atoms with Gasteiger partial charge in [0.05, 0.1) is 11.6 Å². The molecule has 3 rings (SSSR count). The Bertz CT molecular complexity index is 1180. The number of hydrogen-bond donors (Lipinski definition) is 2. The van der Waals surface area contributed by atoms with Crippen molar-refractivity contribution >= 4 is 23.2 Å². The number of amides is 1. The summed E-state index contributed by atoms with van der Waals surface area (Å²) in [4.78, 5) is 30.3. The molecule has 1 heterocycles. The van der Waals surface area contributed by atoms with Gasteiger partial charge in [0.25, 0.3) is 5.56 Å². The number of aliphatic hydroxyl groups is 1. The van der Waals surface area contributed by atoms with Gasteiger partial charge in [0, 0.05) is 40.6 Å². The molecule has 0 fully saturated rings. The first-order valence-electron chi connectivity index (χ1n) is 9.20. The van der Waals surface area contributed by atoms with E-state index in [-0.39, 0.29) is 25.1 Å². The Balaban J connectivity index is 2.01. The Hall–Kier alpha value is -3.47. The Morgan fingerprint density at radius 2 is 2.00 bits per heavy atom. The van der Waals surface area contributed by atoms with E-state index in [9.17, 15) is 14.7 Å². The molecule has 2 aromatic carbocycles. The van der Waals surface area contributed by atoms with Gasteiger partial charge in [-0.2, -0.15) is 5.26 Å². The third-order valence-corrected chi connectivity index (χ3v) is 4.76. The molecular formula is C22H19ClN4O3. The first-order chi connectivity index (χ1) is 14.4. The van der Waals surface area contributed by atoms with Gasteiger partial charge < -0.3 is 10.4 Å². The van der Waals surface area contributed by atoms with Crippen LogP contribution in [0.15, 0.2) is 53.3 Å². The summed E-state index contributed by atoms with van der Waals surface area (Å²) < 4.78 is 1.28. The Kier molecular flexibility index (Phi) is 6.62. The molecule has 0 atom stereocenters. The maximum Gasteiger partial charge on any atom is 0.257 e. The summed E-state index contributed by atoms with van der Waals surface area (Å²) >= 11 is 5.96. The van der Waals surface area contributed by atoms with Crippen LogP contribution in [0.2, 0.25) is 5.02 Å². The predicted octanol–water partition coefficient (Wildman–Crippen LogP) is 2.92. The van der Waals surface area contributed by atoms with Crippen LogP contribution in [0, 0.1) is 18.3 Å². The highest BCUT2D eigenvalue weighted by Crippen LogP contribution is 2.20. The molecule has 30 heavy (non-hydrogen) atoms. The van der Waals surface area contributed by atoms with Crippen molar-refractivity contribution in [3.63, 3.8) is 0 Å². The molecule has 0 bridgehead atoms. The molecule has 0 aliphatic rings. The fourth-order valence-corrected chi connectivity index (χ4v) is 3.20. The summed E-state index contributed by atoms with van der Waals surface area (Å²) in [5, 5.41) is 21.6. The lowest BCUT2D eigenvalue weighted by Crippen LogP contribution is -2.33. The highest BCUT2D eigenvalue weighted by Gasteiger charge is 2.18. The van der Waals surface area contributed by atoms with E-state index in [1.807, 2.05) is 6.07 Å². The molecule has 152 valence electrons. The number of aryl methyl sites for hydroxylation is 1. The fraction of sp³-hybridized carbons (Fsp3) is 0.182. The van der Waals surface area contributed by atoms with Crippen molar-refractivity contribution in [2.45, 2.75) is 19.9 Å². The Morgan fingerprint density at radius 3 is 2.67 bits per heavy atom. The molecule has 2 N–H and O–H groups in total. The van der Waals surface area contributed by atoms with Gasteiger partial charge >= 0.3 is 0 Å². The largest absolute Gasteiger partial charge is 0.396 e. The van der Waals surface area contributed by atoms with Gasteiger partial charge in [-0.3, -0.25) is 14.2 Å². The van der Waals surface area contributed by atoms with Gasteiger partial charge in [-0.15, -0.1) is 0 Å². The van der Waals surface area contributed by atoms with E-state index in [1.165, 1.54) is 4.57 Å². The average Bonchev–Trinajstić information content (AvgIpc) is 2.73. The predicted molar refractivity (Wildman–Crippen MR) is 114 cm³/mol. The molecule has 0 saturated heterocycles. The van der Waals surface area contributed by atoms with Gasteiger partial charge in [-0.25, -0.2) is 4.98 Å². The zero-order valence-corrected chi connectivity index (χ0v) is 17.0. The average molecular weight is 423 g/mol. The van der Waals surface area contributed by atoms with Gasteiger partial charge in [0.15, 0.2) is 0 Å². The number of benzene rings is 2. The number of carbonyl (C=O) groups is 1. The molecule has 0 aliphatic heterocycles. The number of rotatable bonds is 6. The van der Waals surface area contributed by atoms with Crippen molar-refractivity contribution in [3.8, 4) is 17.5 Å². The van der Waals surface area contributed by atoms with E-state index in [0.717, 1.165) is 0 Å². The van der Waals surface area contributed by atoms with Crippen molar-refractivity contribution in [1.82, 2.24) is 9.55 Å². The van der Waals surface area contributed by atoms with E-state index in [4.69, 9.17) is 16.9 Å². The van der Waals surface area contributed by atoms with E-state index < -0.39 is 5.91 Å². The van der Waals surface area contributed by atoms with E-state index >= 15 is 0 Å². The second-order valence-electron chi connectivity index (χ2n) is 6.61. The topological polar surface area (TPSA) is 108 Å². The number of halogens is 1. The molecule has 3 aromatic rings. The van der Waals surface area contributed by atoms with Gasteiger partial charge in [-0.1, -0.05) is 17.7 Å². The van der Waals surface area contributed by atoms with Crippen LogP contribution >= 0.6 is 11.6 Å². The molecule has 0 saturated carbocycles. The van der Waals surface area contributed by atoms with E-state index in [0.29, 0.717) is 38.9 Å². The number of anilines is 1. The van der Waals surface area contributed by atoms with Crippen LogP contribution in [0.4, 0.5) is 5.69 Å². The lowest BCUT2D eigenvalue weighted by molar-refractivity contribution is -0.116. The second kappa shape index (κ2) is 9.35. The highest BCUT2D eigenvalue weighted by molar-refractivity contribution is 6.30. The van der Waals surface area contributed by atoms with Gasteiger partial charge in [0.2, 0.25) is 5.91 Å². The molecule has 0 aliphatic carbocycles. The highest BCUT2D eigenvalue weighted by atomic mass is 35.5. The molecule has 8 heteroatoms. The molecule has 0 unspecified atom stereocenters. The van der Waals surface area contributed by atoms with E-state index in [2.05, 4.69) is 10.3 Å². The fourth-order valence-electron chi connectivity index (χ4n) is 3.08. The van der Waals surface area contributed by atoms with Crippen LogP contribution in [-0.4, -0.2) is 27.2 Å². The smallest absolute Gasteiger partial charge is 0.257 e. The summed E-state index contributed by atoms with van der Waals surface area (Å²) in [6.07, 6.45) is 0.143. The number of aliphatic hydroxyl groups excluding tert-OH is 1. The van der Waals surface area contributed by atoms with Gasteiger partial charge in [-0.05, 0) is 49.4 Å². The number of hydrogen-bond acceptors (Lipinski definition) is 5. The minimum atomic E-state index is -0.442. The summed E-state index contributed by atoms with van der Waals surface area (Å²) in [5.74, 6) is -0.111. The van der Waals surface area contributed by atoms with Crippen LogP contribution in [0.1, 0.15) is 16.8 Å². The van der Waals surface area contributed by atoms with Crippen molar-refractivity contribution in [3.05, 3.63) is 80.7 Å².